The number of halogens is 5. The molecule has 30 heavy (non-hydrogen) atoms. The fourth-order valence-corrected chi connectivity index (χ4v) is 11.5. The Morgan fingerprint density at radius 3 is 1.80 bits per heavy atom. The van der Waals surface area contributed by atoms with Crippen molar-refractivity contribution in [3.05, 3.63) is 67.8 Å². The Morgan fingerprint density at radius 1 is 0.833 bits per heavy atom. The van der Waals surface area contributed by atoms with E-state index in [-0.39, 0.29) is 12.3 Å². The van der Waals surface area contributed by atoms with E-state index < -0.39 is 53.4 Å². The standard InChI is InChI=1S/C21H21F4IO3S/c22-20(23,19-14-15-11-12-16(19)13-15)21(24,25)30(27,28)29-26(17-7-3-1-4-8-17)18-9-5-2-6-10-18/h1-10,15-16,19H,11-14H2/q+1. The van der Waals surface area contributed by atoms with Crippen molar-refractivity contribution in [2.24, 2.45) is 17.8 Å². The molecule has 2 aliphatic rings. The Bertz CT molecular complexity index is 946. The van der Waals surface area contributed by atoms with Gasteiger partial charge in [0.05, 0.1) is 0 Å². The fraction of sp³-hybridized carbons (Fsp3) is 0.429. The first-order valence-electron chi connectivity index (χ1n) is 9.64. The van der Waals surface area contributed by atoms with Gasteiger partial charge in [-0.05, 0) is 57.9 Å². The zero-order valence-electron chi connectivity index (χ0n) is 15.9. The first-order chi connectivity index (χ1) is 14.1. The van der Waals surface area contributed by atoms with Crippen LogP contribution in [0.2, 0.25) is 0 Å². The van der Waals surface area contributed by atoms with E-state index in [1.807, 2.05) is 0 Å². The van der Waals surface area contributed by atoms with E-state index in [4.69, 9.17) is 2.51 Å². The largest absolute Gasteiger partial charge is 0.435 e. The molecule has 163 valence electrons. The average Bonchev–Trinajstić information content (AvgIpc) is 3.37. The fourth-order valence-electron chi connectivity index (χ4n) is 4.45. The minimum Gasteiger partial charge on any atom is -0.198 e. The van der Waals surface area contributed by atoms with E-state index in [2.05, 4.69) is 0 Å². The Labute approximate surface area is 180 Å². The average molecular weight is 556 g/mol. The summed E-state index contributed by atoms with van der Waals surface area (Å²) in [5.74, 6) is -6.91. The minimum atomic E-state index is -5.88. The Hall–Kier alpha value is -1.20. The van der Waals surface area contributed by atoms with Crippen LogP contribution in [-0.2, 0) is 12.6 Å². The Kier molecular flexibility index (Phi) is 5.91. The predicted molar refractivity (Wildman–Crippen MR) is 99.1 cm³/mol. The van der Waals surface area contributed by atoms with Gasteiger partial charge in [0.25, 0.3) is 0 Å². The molecular formula is C21H21F4IO3S+. The zero-order valence-corrected chi connectivity index (χ0v) is 18.8. The van der Waals surface area contributed by atoms with Gasteiger partial charge < -0.3 is 0 Å². The molecule has 0 aromatic heterocycles. The van der Waals surface area contributed by atoms with E-state index in [0.717, 1.165) is 6.42 Å². The molecular weight excluding hydrogens is 535 g/mol. The summed E-state index contributed by atoms with van der Waals surface area (Å²) in [6.45, 7) is 0. The topological polar surface area (TPSA) is 43.4 Å². The third-order valence-corrected chi connectivity index (χ3v) is 13.3. The summed E-state index contributed by atoms with van der Waals surface area (Å²) in [6.07, 6.45) is 1.57. The molecule has 3 nitrogen and oxygen atoms in total. The molecule has 9 heteroatoms. The first kappa shape index (κ1) is 22.0. The zero-order chi connectivity index (χ0) is 21.6. The smallest absolute Gasteiger partial charge is 0.198 e. The van der Waals surface area contributed by atoms with Crippen LogP contribution in [0.1, 0.15) is 25.7 Å². The number of hydrogen-bond donors (Lipinski definition) is 0. The van der Waals surface area contributed by atoms with E-state index >= 15 is 0 Å². The van der Waals surface area contributed by atoms with Crippen LogP contribution in [0.4, 0.5) is 17.6 Å². The van der Waals surface area contributed by atoms with Crippen LogP contribution in [-0.4, -0.2) is 19.6 Å². The maximum absolute atomic E-state index is 14.9. The monoisotopic (exact) mass is 556 g/mol. The third kappa shape index (κ3) is 3.77. The highest BCUT2D eigenvalue weighted by molar-refractivity contribution is 7.87. The van der Waals surface area contributed by atoms with Gasteiger partial charge in [-0.15, -0.1) is 0 Å². The van der Waals surface area contributed by atoms with Crippen LogP contribution in [0.25, 0.3) is 0 Å². The lowest BCUT2D eigenvalue weighted by Crippen LogP contribution is -3.85. The number of fused-ring (bicyclic) bond motifs is 2. The summed E-state index contributed by atoms with van der Waals surface area (Å²) >= 11 is -3.42. The highest BCUT2D eigenvalue weighted by Gasteiger charge is 2.73. The number of hydrogen-bond acceptors (Lipinski definition) is 3. The summed E-state index contributed by atoms with van der Waals surface area (Å²) in [7, 11) is -5.88. The van der Waals surface area contributed by atoms with Crippen molar-refractivity contribution in [3.63, 3.8) is 0 Å². The summed E-state index contributed by atoms with van der Waals surface area (Å²) < 4.78 is 90.7. The second-order valence-electron chi connectivity index (χ2n) is 7.78. The minimum absolute atomic E-state index is 0.0257. The van der Waals surface area contributed by atoms with Gasteiger partial charge in [0.1, 0.15) is 0 Å². The molecule has 0 saturated heterocycles. The van der Waals surface area contributed by atoms with Crippen LogP contribution >= 0.6 is 0 Å². The molecule has 2 saturated carbocycles. The first-order valence-corrected chi connectivity index (χ1v) is 14.1. The lowest BCUT2D eigenvalue weighted by Gasteiger charge is -2.33. The molecule has 2 aromatic rings. The van der Waals surface area contributed by atoms with E-state index in [1.165, 1.54) is 0 Å². The molecule has 2 aromatic carbocycles. The molecule has 2 aliphatic carbocycles. The second kappa shape index (κ2) is 8.05. The van der Waals surface area contributed by atoms with Crippen molar-refractivity contribution in [2.75, 3.05) is 0 Å². The van der Waals surface area contributed by atoms with Crippen molar-refractivity contribution in [1.82, 2.24) is 0 Å². The molecule has 0 N–H and O–H groups in total. The molecule has 2 fully saturated rings. The van der Waals surface area contributed by atoms with Gasteiger partial charge in [-0.3, -0.25) is 0 Å². The second-order valence-corrected chi connectivity index (χ2v) is 14.3. The summed E-state index contributed by atoms with van der Waals surface area (Å²) in [4.78, 5) is 0. The summed E-state index contributed by atoms with van der Waals surface area (Å²) in [5, 5.41) is -5.30. The van der Waals surface area contributed by atoms with E-state index in [9.17, 15) is 26.0 Å². The molecule has 3 unspecified atom stereocenters. The van der Waals surface area contributed by atoms with Crippen molar-refractivity contribution in [2.45, 2.75) is 36.9 Å². The molecule has 0 aliphatic heterocycles. The normalized spacial score (nSPS) is 24.5. The molecule has 2 bridgehead atoms. The Balaban J connectivity index is 1.67. The summed E-state index contributed by atoms with van der Waals surface area (Å²) in [5.41, 5.74) is 0. The molecule has 0 spiro atoms. The molecule has 3 atom stereocenters. The lowest BCUT2D eigenvalue weighted by atomic mass is 9.84. The predicted octanol–water partition coefficient (Wildman–Crippen LogP) is 2.28. The van der Waals surface area contributed by atoms with Crippen LogP contribution in [0, 0.1) is 24.9 Å². The number of rotatable bonds is 7. The van der Waals surface area contributed by atoms with Gasteiger partial charge in [0.2, 0.25) is 0 Å². The molecule has 0 amide bonds. The summed E-state index contributed by atoms with van der Waals surface area (Å²) in [6, 6.07) is 16.2. The molecule has 0 heterocycles. The highest BCUT2D eigenvalue weighted by Crippen LogP contribution is 2.58. The molecule has 1 radical (unpaired) electrons. The third-order valence-electron chi connectivity index (χ3n) is 5.91. The van der Waals surface area contributed by atoms with Gasteiger partial charge in [-0.25, -0.2) is 0 Å². The van der Waals surface area contributed by atoms with Crippen molar-refractivity contribution >= 4 is 10.1 Å². The van der Waals surface area contributed by atoms with E-state index in [1.54, 1.807) is 60.7 Å². The van der Waals surface area contributed by atoms with Gasteiger partial charge in [-0.2, -0.15) is 26.0 Å². The van der Waals surface area contributed by atoms with Gasteiger partial charge in [0.15, 0.2) is 7.14 Å². The van der Waals surface area contributed by atoms with Crippen LogP contribution in [0.15, 0.2) is 60.7 Å². The van der Waals surface area contributed by atoms with Crippen molar-refractivity contribution in [1.29, 1.82) is 0 Å². The number of alkyl halides is 4. The maximum Gasteiger partial charge on any atom is 0.435 e. The maximum atomic E-state index is 14.9. The van der Waals surface area contributed by atoms with E-state index in [0.29, 0.717) is 20.0 Å². The van der Waals surface area contributed by atoms with Crippen LogP contribution in [0.3, 0.4) is 0 Å². The van der Waals surface area contributed by atoms with Gasteiger partial charge in [0, 0.05) is 5.92 Å². The molecule has 4 rings (SSSR count). The van der Waals surface area contributed by atoms with Gasteiger partial charge >= 0.3 is 41.5 Å². The van der Waals surface area contributed by atoms with Crippen molar-refractivity contribution < 1.29 is 48.7 Å². The SMILES string of the molecule is O=S(=O)(O[I+](c1ccccc1)c1ccccc1)C(F)(F)C(F)(F)C1CC2CCC1C2. The number of benzene rings is 2. The quantitative estimate of drug-likeness (QED) is 0.389. The lowest BCUT2D eigenvalue weighted by molar-refractivity contribution is -1.03. The van der Waals surface area contributed by atoms with Crippen molar-refractivity contribution in [3.8, 4) is 0 Å². The Morgan fingerprint density at radius 2 is 1.37 bits per heavy atom. The van der Waals surface area contributed by atoms with Crippen LogP contribution < -0.4 is 20.2 Å². The van der Waals surface area contributed by atoms with Crippen LogP contribution in [0.5, 0.6) is 0 Å². The van der Waals surface area contributed by atoms with Gasteiger partial charge in [-0.1, -0.05) is 42.8 Å². The highest BCUT2D eigenvalue weighted by atomic mass is 127.